The first kappa shape index (κ1) is 26.2. The number of nitrogens with zero attached hydrogens (tertiary/aromatic N) is 5. The highest BCUT2D eigenvalue weighted by Crippen LogP contribution is 2.34. The number of thiocarbonyl (C=S) groups is 1. The van der Waals surface area contributed by atoms with Crippen LogP contribution in [0, 0.1) is 6.92 Å². The summed E-state index contributed by atoms with van der Waals surface area (Å²) in [5, 5.41) is 0. The molecule has 202 valence electrons. The summed E-state index contributed by atoms with van der Waals surface area (Å²) < 4.78 is 7.81. The maximum Gasteiger partial charge on any atom is 0.267 e. The van der Waals surface area contributed by atoms with E-state index in [0.29, 0.717) is 32.8 Å². The fraction of sp³-hybridized carbons (Fsp3) is 0.379. The number of carbonyl (C=O) groups excluding carboxylic acids is 1. The summed E-state index contributed by atoms with van der Waals surface area (Å²) in [5.41, 5.74) is 3.08. The van der Waals surface area contributed by atoms with E-state index in [1.165, 1.54) is 17.3 Å². The Morgan fingerprint density at radius 1 is 1.10 bits per heavy atom. The third-order valence-corrected chi connectivity index (χ3v) is 8.92. The Bertz CT molecular complexity index is 1490. The van der Waals surface area contributed by atoms with Crippen molar-refractivity contribution in [3.8, 4) is 0 Å². The highest BCUT2D eigenvalue weighted by molar-refractivity contribution is 8.26. The Balaban J connectivity index is 1.31. The minimum Gasteiger partial charge on any atom is -0.376 e. The fourth-order valence-corrected chi connectivity index (χ4v) is 6.66. The number of amides is 1. The topological polar surface area (TPSA) is 70.4 Å². The lowest BCUT2D eigenvalue weighted by Gasteiger charge is -2.36. The van der Waals surface area contributed by atoms with E-state index in [1.807, 2.05) is 25.1 Å². The smallest absolute Gasteiger partial charge is 0.267 e. The molecule has 1 aromatic carbocycles. The molecule has 0 radical (unpaired) electrons. The van der Waals surface area contributed by atoms with Gasteiger partial charge in [0.2, 0.25) is 0 Å². The molecule has 0 bridgehead atoms. The zero-order chi connectivity index (χ0) is 26.9. The molecule has 0 unspecified atom stereocenters. The Morgan fingerprint density at radius 2 is 1.90 bits per heavy atom. The normalized spacial score (nSPS) is 21.6. The van der Waals surface area contributed by atoms with Crippen molar-refractivity contribution >= 4 is 51.7 Å². The number of fused-ring (bicyclic) bond motifs is 1. The van der Waals surface area contributed by atoms with Gasteiger partial charge in [-0.15, -0.1) is 0 Å². The Morgan fingerprint density at radius 3 is 2.64 bits per heavy atom. The van der Waals surface area contributed by atoms with Gasteiger partial charge in [0.15, 0.2) is 0 Å². The van der Waals surface area contributed by atoms with Crippen molar-refractivity contribution in [2.75, 3.05) is 44.2 Å². The molecule has 5 heterocycles. The Kier molecular flexibility index (Phi) is 7.53. The Hall–Kier alpha value is -3.05. The molecule has 3 aliphatic rings. The van der Waals surface area contributed by atoms with Gasteiger partial charge < -0.3 is 9.64 Å². The van der Waals surface area contributed by atoms with Crippen molar-refractivity contribution in [3.63, 3.8) is 0 Å². The third-order valence-electron chi connectivity index (χ3n) is 7.54. The lowest BCUT2D eigenvalue weighted by molar-refractivity contribution is -0.123. The van der Waals surface area contributed by atoms with Gasteiger partial charge in [-0.1, -0.05) is 60.4 Å². The number of ether oxygens (including phenoxy) is 1. The number of hydrogen-bond acceptors (Lipinski definition) is 8. The SMILES string of the molecule is Cc1cccn2c(=O)c(/C=C3\SC(=S)N(C[C@H]4CCCO4)C3=O)c(N3CCN(Cc4ccccc4)CC3)nc12. The van der Waals surface area contributed by atoms with Gasteiger partial charge in [0.1, 0.15) is 15.8 Å². The molecule has 8 nitrogen and oxygen atoms in total. The third kappa shape index (κ3) is 5.38. The minimum atomic E-state index is -0.185. The van der Waals surface area contributed by atoms with E-state index in [9.17, 15) is 9.59 Å². The standard InChI is InChI=1S/C29H31N5O3S2/c1-20-7-5-11-33-25(20)30-26(32-14-12-31(13-15-32)18-21-8-3-2-4-9-21)23(27(33)35)17-24-28(36)34(29(38)39-24)19-22-10-6-16-37-22/h2-5,7-9,11,17,22H,6,10,12-16,18-19H2,1H3/b24-17-/t22-/m1/s1. The zero-order valence-corrected chi connectivity index (χ0v) is 23.5. The van der Waals surface area contributed by atoms with Crippen LogP contribution >= 0.6 is 24.0 Å². The molecule has 1 amide bonds. The van der Waals surface area contributed by atoms with E-state index in [2.05, 4.69) is 34.1 Å². The summed E-state index contributed by atoms with van der Waals surface area (Å²) in [6.07, 6.45) is 5.36. The van der Waals surface area contributed by atoms with Crippen LogP contribution in [0.4, 0.5) is 5.82 Å². The molecule has 0 N–H and O–H groups in total. The molecule has 6 rings (SSSR count). The molecule has 10 heteroatoms. The second kappa shape index (κ2) is 11.2. The number of rotatable bonds is 6. The molecular weight excluding hydrogens is 530 g/mol. The number of piperazine rings is 1. The molecule has 3 fully saturated rings. The summed E-state index contributed by atoms with van der Waals surface area (Å²) in [4.78, 5) is 38.9. The fourth-order valence-electron chi connectivity index (χ4n) is 5.41. The first-order valence-electron chi connectivity index (χ1n) is 13.4. The molecule has 0 aliphatic carbocycles. The average molecular weight is 562 g/mol. The molecule has 0 spiro atoms. The lowest BCUT2D eigenvalue weighted by Crippen LogP contribution is -2.47. The molecule has 39 heavy (non-hydrogen) atoms. The minimum absolute atomic E-state index is 0.00512. The summed E-state index contributed by atoms with van der Waals surface area (Å²) in [7, 11) is 0. The molecule has 3 aromatic rings. The largest absolute Gasteiger partial charge is 0.376 e. The van der Waals surface area contributed by atoms with Crippen molar-refractivity contribution in [1.82, 2.24) is 19.2 Å². The van der Waals surface area contributed by atoms with E-state index in [0.717, 1.165) is 57.7 Å². The summed E-state index contributed by atoms with van der Waals surface area (Å²) in [6.45, 7) is 7.20. The summed E-state index contributed by atoms with van der Waals surface area (Å²) >= 11 is 6.80. The zero-order valence-electron chi connectivity index (χ0n) is 21.9. The van der Waals surface area contributed by atoms with Crippen LogP contribution in [-0.4, -0.2) is 74.8 Å². The van der Waals surface area contributed by atoms with Gasteiger partial charge in [0.25, 0.3) is 11.5 Å². The number of aryl methyl sites for hydroxylation is 1. The molecule has 0 saturated carbocycles. The monoisotopic (exact) mass is 561 g/mol. The predicted molar refractivity (Wildman–Crippen MR) is 159 cm³/mol. The van der Waals surface area contributed by atoms with E-state index >= 15 is 0 Å². The van der Waals surface area contributed by atoms with Crippen LogP contribution in [0.2, 0.25) is 0 Å². The molecule has 3 saturated heterocycles. The maximum atomic E-state index is 13.8. The number of carbonyl (C=O) groups is 1. The molecular formula is C29H31N5O3S2. The second-order valence-electron chi connectivity index (χ2n) is 10.2. The van der Waals surface area contributed by atoms with E-state index in [1.54, 1.807) is 21.6 Å². The molecule has 3 aliphatic heterocycles. The van der Waals surface area contributed by atoms with Crippen LogP contribution in [-0.2, 0) is 16.1 Å². The van der Waals surface area contributed by atoms with Crippen molar-refractivity contribution in [2.45, 2.75) is 32.4 Å². The van der Waals surface area contributed by atoms with Crippen LogP contribution in [0.5, 0.6) is 0 Å². The number of pyridine rings is 1. The van der Waals surface area contributed by atoms with Crippen LogP contribution < -0.4 is 10.5 Å². The number of anilines is 1. The van der Waals surface area contributed by atoms with Gasteiger partial charge in [-0.2, -0.15) is 0 Å². The molecule has 1 atom stereocenters. The lowest BCUT2D eigenvalue weighted by atomic mass is 10.1. The van der Waals surface area contributed by atoms with Crippen molar-refractivity contribution in [3.05, 3.63) is 80.6 Å². The summed E-state index contributed by atoms with van der Waals surface area (Å²) in [5.74, 6) is 0.450. The number of thioether (sulfide) groups is 1. The van der Waals surface area contributed by atoms with Gasteiger partial charge in [-0.3, -0.25) is 23.8 Å². The van der Waals surface area contributed by atoms with Gasteiger partial charge in [0, 0.05) is 45.5 Å². The quantitative estimate of drug-likeness (QED) is 0.333. The van der Waals surface area contributed by atoms with Gasteiger partial charge in [-0.05, 0) is 43.0 Å². The highest BCUT2D eigenvalue weighted by atomic mass is 32.2. The van der Waals surface area contributed by atoms with E-state index in [4.69, 9.17) is 21.9 Å². The first-order chi connectivity index (χ1) is 19.0. The summed E-state index contributed by atoms with van der Waals surface area (Å²) in [6, 6.07) is 14.3. The van der Waals surface area contributed by atoms with E-state index in [-0.39, 0.29) is 17.6 Å². The highest BCUT2D eigenvalue weighted by Gasteiger charge is 2.35. The molecule has 2 aromatic heterocycles. The Labute approximate surface area is 237 Å². The van der Waals surface area contributed by atoms with Crippen molar-refractivity contribution < 1.29 is 9.53 Å². The van der Waals surface area contributed by atoms with Crippen LogP contribution in [0.3, 0.4) is 0 Å². The second-order valence-corrected chi connectivity index (χ2v) is 11.9. The van der Waals surface area contributed by atoms with Gasteiger partial charge in [-0.25, -0.2) is 4.98 Å². The average Bonchev–Trinajstić information content (AvgIpc) is 3.56. The van der Waals surface area contributed by atoms with Crippen molar-refractivity contribution in [2.24, 2.45) is 0 Å². The maximum absolute atomic E-state index is 13.8. The van der Waals surface area contributed by atoms with Crippen LogP contribution in [0.25, 0.3) is 11.7 Å². The van der Waals surface area contributed by atoms with E-state index < -0.39 is 0 Å². The number of benzene rings is 1. The van der Waals surface area contributed by atoms with Crippen molar-refractivity contribution in [1.29, 1.82) is 0 Å². The first-order valence-corrected chi connectivity index (χ1v) is 14.6. The van der Waals surface area contributed by atoms with Crippen LogP contribution in [0.15, 0.2) is 58.4 Å². The van der Waals surface area contributed by atoms with Crippen LogP contribution in [0.1, 0.15) is 29.5 Å². The van der Waals surface area contributed by atoms with Gasteiger partial charge in [0.05, 0.1) is 23.1 Å². The predicted octanol–water partition coefficient (Wildman–Crippen LogP) is 3.71. The number of hydrogen-bond donors (Lipinski definition) is 0. The van der Waals surface area contributed by atoms with Gasteiger partial charge >= 0.3 is 0 Å². The number of aromatic nitrogens is 2.